The highest BCUT2D eigenvalue weighted by molar-refractivity contribution is 4.98. The Kier molecular flexibility index (Phi) is 11.3. The highest BCUT2D eigenvalue weighted by Crippen LogP contribution is 2.18. The van der Waals surface area contributed by atoms with E-state index in [1.54, 1.807) is 0 Å². The molecule has 0 amide bonds. The van der Waals surface area contributed by atoms with E-state index in [0.29, 0.717) is 0 Å². The second-order valence-electron chi connectivity index (χ2n) is 4.41. The van der Waals surface area contributed by atoms with E-state index in [-0.39, 0.29) is 0 Å². The summed E-state index contributed by atoms with van der Waals surface area (Å²) in [6, 6.07) is 0. The van der Waals surface area contributed by atoms with Crippen LogP contribution in [0, 0.1) is 17.8 Å². The monoisotopic (exact) mass is 208 g/mol. The van der Waals surface area contributed by atoms with Gasteiger partial charge in [-0.3, -0.25) is 0 Å². The third-order valence-electron chi connectivity index (χ3n) is 2.97. The van der Waals surface area contributed by atoms with E-state index in [9.17, 15) is 0 Å². The molecule has 0 rings (SSSR count). The topological polar surface area (TPSA) is 0 Å². The van der Waals surface area contributed by atoms with Gasteiger partial charge in [-0.05, 0) is 18.8 Å². The summed E-state index contributed by atoms with van der Waals surface area (Å²) < 4.78 is 0. The van der Waals surface area contributed by atoms with Crippen LogP contribution in [0.4, 0.5) is 0 Å². The molecule has 0 aromatic carbocycles. The molecule has 0 saturated carbocycles. The van der Waals surface area contributed by atoms with E-state index >= 15 is 0 Å². The first kappa shape index (κ1) is 14.6. The predicted molar refractivity (Wildman–Crippen MR) is 69.8 cm³/mol. The van der Waals surface area contributed by atoms with Gasteiger partial charge in [-0.25, -0.2) is 0 Å². The van der Waals surface area contributed by atoms with Crippen LogP contribution in [0.1, 0.15) is 78.6 Å². The molecule has 0 spiro atoms. The molecule has 0 aliphatic heterocycles. The predicted octanol–water partition coefficient (Wildman–Crippen LogP) is 5.18. The van der Waals surface area contributed by atoms with E-state index in [1.165, 1.54) is 44.9 Å². The van der Waals surface area contributed by atoms with Crippen LogP contribution in [0.25, 0.3) is 0 Å². The normalized spacial score (nSPS) is 11.9. The van der Waals surface area contributed by atoms with Crippen LogP contribution in [0.2, 0.25) is 0 Å². The highest BCUT2D eigenvalue weighted by atomic mass is 14.1. The lowest BCUT2D eigenvalue weighted by Gasteiger charge is -2.12. The van der Waals surface area contributed by atoms with Crippen molar-refractivity contribution in [3.8, 4) is 11.8 Å². The molecule has 0 radical (unpaired) electrons. The molecule has 0 saturated heterocycles. The Balaban J connectivity index is 3.49. The second-order valence-corrected chi connectivity index (χ2v) is 4.41. The Morgan fingerprint density at radius 2 is 1.53 bits per heavy atom. The number of rotatable bonds is 8. The van der Waals surface area contributed by atoms with Crippen molar-refractivity contribution in [2.75, 3.05) is 0 Å². The zero-order valence-corrected chi connectivity index (χ0v) is 10.9. The maximum Gasteiger partial charge on any atom is 0.00913 e. The van der Waals surface area contributed by atoms with Crippen molar-refractivity contribution in [3.63, 3.8) is 0 Å². The van der Waals surface area contributed by atoms with Crippen LogP contribution in [-0.4, -0.2) is 0 Å². The van der Waals surface area contributed by atoms with Crippen LogP contribution in [0.15, 0.2) is 0 Å². The third-order valence-corrected chi connectivity index (χ3v) is 2.97. The summed E-state index contributed by atoms with van der Waals surface area (Å²) in [5, 5.41) is 0. The Morgan fingerprint density at radius 1 is 0.800 bits per heavy atom. The summed E-state index contributed by atoms with van der Waals surface area (Å²) in [6.45, 7) is 6.78. The first-order valence-electron chi connectivity index (χ1n) is 6.80. The smallest absolute Gasteiger partial charge is 0.00913 e. The second kappa shape index (κ2) is 11.6. The Hall–Kier alpha value is -0.440. The fourth-order valence-electron chi connectivity index (χ4n) is 1.81. The fraction of sp³-hybridized carbons (Fsp3) is 0.867. The van der Waals surface area contributed by atoms with Gasteiger partial charge in [0.05, 0.1) is 0 Å². The Labute approximate surface area is 96.8 Å². The first-order chi connectivity index (χ1) is 7.35. The van der Waals surface area contributed by atoms with E-state index in [2.05, 4.69) is 32.6 Å². The van der Waals surface area contributed by atoms with Gasteiger partial charge in [0.15, 0.2) is 0 Å². The summed E-state index contributed by atoms with van der Waals surface area (Å²) in [5.41, 5.74) is 0. The maximum absolute atomic E-state index is 3.29. The minimum atomic E-state index is 0.924. The molecule has 0 aromatic heterocycles. The van der Waals surface area contributed by atoms with Crippen LogP contribution in [0.5, 0.6) is 0 Å². The van der Waals surface area contributed by atoms with Gasteiger partial charge in [0, 0.05) is 12.8 Å². The van der Waals surface area contributed by atoms with Gasteiger partial charge in [0.25, 0.3) is 0 Å². The summed E-state index contributed by atoms with van der Waals surface area (Å²) in [4.78, 5) is 0. The maximum atomic E-state index is 3.29. The SMILES string of the molecule is CCCC#CCCC(CC)CCCCC. The molecule has 0 fully saturated rings. The Bertz CT molecular complexity index is 170. The fourth-order valence-corrected chi connectivity index (χ4v) is 1.81. The lowest BCUT2D eigenvalue weighted by Crippen LogP contribution is -1.98. The van der Waals surface area contributed by atoms with Crippen molar-refractivity contribution < 1.29 is 0 Å². The third kappa shape index (κ3) is 9.85. The largest absolute Gasteiger partial charge is 0.103 e. The van der Waals surface area contributed by atoms with Crippen molar-refractivity contribution >= 4 is 0 Å². The van der Waals surface area contributed by atoms with Gasteiger partial charge in [0.1, 0.15) is 0 Å². The minimum absolute atomic E-state index is 0.924. The molecule has 0 bridgehead atoms. The molecule has 15 heavy (non-hydrogen) atoms. The van der Waals surface area contributed by atoms with Crippen molar-refractivity contribution in [3.05, 3.63) is 0 Å². The summed E-state index contributed by atoms with van der Waals surface area (Å²) >= 11 is 0. The zero-order valence-electron chi connectivity index (χ0n) is 10.9. The number of hydrogen-bond donors (Lipinski definition) is 0. The first-order valence-corrected chi connectivity index (χ1v) is 6.80. The molecule has 1 atom stereocenters. The van der Waals surface area contributed by atoms with Gasteiger partial charge < -0.3 is 0 Å². The Morgan fingerprint density at radius 3 is 2.13 bits per heavy atom. The molecule has 0 heterocycles. The zero-order chi connectivity index (χ0) is 11.4. The molecular formula is C15H28. The average Bonchev–Trinajstić information content (AvgIpc) is 2.26. The van der Waals surface area contributed by atoms with E-state index in [4.69, 9.17) is 0 Å². The molecule has 0 aliphatic rings. The number of unbranched alkanes of at least 4 members (excludes halogenated alkanes) is 3. The van der Waals surface area contributed by atoms with Gasteiger partial charge >= 0.3 is 0 Å². The summed E-state index contributed by atoms with van der Waals surface area (Å²) in [5.74, 6) is 7.45. The van der Waals surface area contributed by atoms with Crippen molar-refractivity contribution in [1.29, 1.82) is 0 Å². The van der Waals surface area contributed by atoms with Crippen molar-refractivity contribution in [1.82, 2.24) is 0 Å². The highest BCUT2D eigenvalue weighted by Gasteiger charge is 2.04. The summed E-state index contributed by atoms with van der Waals surface area (Å²) in [6.07, 6.45) is 11.6. The lowest BCUT2D eigenvalue weighted by molar-refractivity contribution is 0.421. The van der Waals surface area contributed by atoms with Crippen LogP contribution < -0.4 is 0 Å². The molecule has 1 unspecified atom stereocenters. The van der Waals surface area contributed by atoms with Crippen LogP contribution in [0.3, 0.4) is 0 Å². The average molecular weight is 208 g/mol. The van der Waals surface area contributed by atoms with Crippen molar-refractivity contribution in [2.24, 2.45) is 5.92 Å². The van der Waals surface area contributed by atoms with Crippen LogP contribution in [-0.2, 0) is 0 Å². The van der Waals surface area contributed by atoms with Gasteiger partial charge in [0.2, 0.25) is 0 Å². The molecule has 0 aliphatic carbocycles. The summed E-state index contributed by atoms with van der Waals surface area (Å²) in [7, 11) is 0. The molecular weight excluding hydrogens is 180 g/mol. The molecule has 0 heteroatoms. The van der Waals surface area contributed by atoms with E-state index in [0.717, 1.165) is 18.8 Å². The molecule has 0 nitrogen and oxygen atoms in total. The minimum Gasteiger partial charge on any atom is -0.103 e. The molecule has 0 N–H and O–H groups in total. The van der Waals surface area contributed by atoms with Gasteiger partial charge in [-0.2, -0.15) is 0 Å². The molecule has 0 aromatic rings. The van der Waals surface area contributed by atoms with Gasteiger partial charge in [-0.1, -0.05) is 52.9 Å². The van der Waals surface area contributed by atoms with Gasteiger partial charge in [-0.15, -0.1) is 11.8 Å². The van der Waals surface area contributed by atoms with Crippen LogP contribution >= 0.6 is 0 Å². The lowest BCUT2D eigenvalue weighted by atomic mass is 9.94. The quantitative estimate of drug-likeness (QED) is 0.381. The molecule has 88 valence electrons. The van der Waals surface area contributed by atoms with E-state index < -0.39 is 0 Å². The standard InChI is InChI=1S/C15H28/c1-4-7-9-10-12-14-15(6-3)13-11-8-5-2/h15H,4-8,11-14H2,1-3H3. The number of hydrogen-bond acceptors (Lipinski definition) is 0. The van der Waals surface area contributed by atoms with E-state index in [1.807, 2.05) is 0 Å². The van der Waals surface area contributed by atoms with Crippen molar-refractivity contribution in [2.45, 2.75) is 78.6 Å².